The fraction of sp³-hybridized carbons (Fsp3) is 0.478. The van der Waals surface area contributed by atoms with Crippen LogP contribution < -0.4 is 15.8 Å². The van der Waals surface area contributed by atoms with E-state index in [-0.39, 0.29) is 18.0 Å². The van der Waals surface area contributed by atoms with Crippen LogP contribution in [0.25, 0.3) is 21.9 Å². The van der Waals surface area contributed by atoms with E-state index in [2.05, 4.69) is 5.32 Å². The summed E-state index contributed by atoms with van der Waals surface area (Å²) >= 11 is 0. The Hall–Kier alpha value is -2.64. The lowest BCUT2D eigenvalue weighted by molar-refractivity contribution is -0.906. The van der Waals surface area contributed by atoms with Crippen molar-refractivity contribution in [2.75, 3.05) is 39.4 Å². The number of amides is 1. The maximum Gasteiger partial charge on any atom is 0.339 e. The topological polar surface area (TPSA) is 86.1 Å². The van der Waals surface area contributed by atoms with E-state index in [0.29, 0.717) is 24.1 Å². The minimum atomic E-state index is -0.378. The highest BCUT2D eigenvalue weighted by Gasteiger charge is 2.18. The fourth-order valence-electron chi connectivity index (χ4n) is 4.22. The minimum Gasteiger partial charge on any atom is -0.464 e. The molecule has 0 atom stereocenters. The van der Waals surface area contributed by atoms with Crippen molar-refractivity contribution in [2.45, 2.75) is 33.6 Å². The number of fused-ring (bicyclic) bond motifs is 2. The highest BCUT2D eigenvalue weighted by atomic mass is 16.5. The molecule has 160 valence electrons. The lowest BCUT2D eigenvalue weighted by Gasteiger charge is -2.23. The van der Waals surface area contributed by atoms with Crippen LogP contribution in [-0.2, 0) is 16.0 Å². The number of hydrogen-bond acceptors (Lipinski definition) is 5. The Kier molecular flexibility index (Phi) is 5.92. The molecule has 0 saturated carbocycles. The number of aryl methyl sites for hydroxylation is 3. The van der Waals surface area contributed by atoms with Crippen LogP contribution in [0.2, 0.25) is 0 Å². The Balaban J connectivity index is 1.47. The lowest BCUT2D eigenvalue weighted by Crippen LogP contribution is -3.14. The molecule has 1 amide bonds. The zero-order valence-electron chi connectivity index (χ0n) is 17.9. The van der Waals surface area contributed by atoms with Gasteiger partial charge in [-0.15, -0.1) is 0 Å². The average Bonchev–Trinajstić information content (AvgIpc) is 3.11. The molecular formula is C23H29N2O5+. The number of hydrogen-bond donors (Lipinski definition) is 2. The number of quaternary nitrogens is 1. The van der Waals surface area contributed by atoms with Crippen molar-refractivity contribution in [1.29, 1.82) is 0 Å². The van der Waals surface area contributed by atoms with Gasteiger partial charge in [-0.05, 0) is 44.4 Å². The van der Waals surface area contributed by atoms with Crippen molar-refractivity contribution < 1.29 is 23.3 Å². The Labute approximate surface area is 175 Å². The Morgan fingerprint density at radius 3 is 2.63 bits per heavy atom. The standard InChI is InChI=1S/C23H28N2O5/c1-14-13-29-21-16(3)22-19(12-18(14)21)15(2)17(23(27)30-22)4-5-20(26)24-6-7-25-8-10-28-11-9-25/h12-13H,4-11H2,1-3H3,(H,24,26)/p+1. The van der Waals surface area contributed by atoms with Crippen molar-refractivity contribution in [3.8, 4) is 0 Å². The Morgan fingerprint density at radius 2 is 1.87 bits per heavy atom. The molecule has 2 N–H and O–H groups in total. The quantitative estimate of drug-likeness (QED) is 0.597. The molecule has 7 nitrogen and oxygen atoms in total. The van der Waals surface area contributed by atoms with Gasteiger partial charge in [-0.1, -0.05) is 0 Å². The highest BCUT2D eigenvalue weighted by molar-refractivity contribution is 5.99. The molecule has 0 aliphatic carbocycles. The first kappa shape index (κ1) is 20.6. The highest BCUT2D eigenvalue weighted by Crippen LogP contribution is 2.32. The smallest absolute Gasteiger partial charge is 0.339 e. The summed E-state index contributed by atoms with van der Waals surface area (Å²) in [7, 11) is 0. The van der Waals surface area contributed by atoms with Gasteiger partial charge in [-0.25, -0.2) is 4.79 Å². The zero-order chi connectivity index (χ0) is 21.3. The predicted molar refractivity (Wildman–Crippen MR) is 114 cm³/mol. The first-order valence-corrected chi connectivity index (χ1v) is 10.6. The van der Waals surface area contributed by atoms with Crippen LogP contribution in [0.15, 0.2) is 26.0 Å². The molecule has 4 rings (SSSR count). The van der Waals surface area contributed by atoms with E-state index in [1.165, 1.54) is 4.90 Å². The van der Waals surface area contributed by atoms with Gasteiger partial charge in [-0.2, -0.15) is 0 Å². The first-order chi connectivity index (χ1) is 14.5. The molecule has 30 heavy (non-hydrogen) atoms. The summed E-state index contributed by atoms with van der Waals surface area (Å²) in [6.45, 7) is 10.9. The Morgan fingerprint density at radius 1 is 1.10 bits per heavy atom. The van der Waals surface area contributed by atoms with Crippen LogP contribution in [-0.4, -0.2) is 45.3 Å². The van der Waals surface area contributed by atoms with E-state index in [1.807, 2.05) is 26.8 Å². The summed E-state index contributed by atoms with van der Waals surface area (Å²) in [6, 6.07) is 2.02. The van der Waals surface area contributed by atoms with Crippen molar-refractivity contribution in [3.05, 3.63) is 45.0 Å². The van der Waals surface area contributed by atoms with Crippen molar-refractivity contribution in [3.63, 3.8) is 0 Å². The normalized spacial score (nSPS) is 15.2. The van der Waals surface area contributed by atoms with Gasteiger partial charge in [0.15, 0.2) is 0 Å². The number of morpholine rings is 1. The molecule has 0 bridgehead atoms. The summed E-state index contributed by atoms with van der Waals surface area (Å²) in [5.74, 6) is -0.0427. The number of furan rings is 1. The number of nitrogens with one attached hydrogen (secondary N) is 2. The zero-order valence-corrected chi connectivity index (χ0v) is 17.9. The second-order valence-corrected chi connectivity index (χ2v) is 8.13. The van der Waals surface area contributed by atoms with Gasteiger partial charge in [0.2, 0.25) is 5.91 Å². The van der Waals surface area contributed by atoms with E-state index in [1.54, 1.807) is 6.26 Å². The number of rotatable bonds is 6. The molecule has 0 spiro atoms. The Bertz CT molecular complexity index is 1140. The van der Waals surface area contributed by atoms with Gasteiger partial charge in [0, 0.05) is 28.3 Å². The molecule has 1 aromatic carbocycles. The molecule has 7 heteroatoms. The van der Waals surface area contributed by atoms with Crippen LogP contribution in [0.4, 0.5) is 0 Å². The van der Waals surface area contributed by atoms with Gasteiger partial charge in [0.25, 0.3) is 0 Å². The van der Waals surface area contributed by atoms with Gasteiger partial charge < -0.3 is 23.8 Å². The molecule has 3 heterocycles. The minimum absolute atomic E-state index is 0.0427. The fourth-order valence-corrected chi connectivity index (χ4v) is 4.22. The third-order valence-electron chi connectivity index (χ3n) is 6.14. The molecule has 1 fully saturated rings. The first-order valence-electron chi connectivity index (χ1n) is 10.6. The number of ether oxygens (including phenoxy) is 1. The van der Waals surface area contributed by atoms with Crippen LogP contribution in [0.3, 0.4) is 0 Å². The third kappa shape index (κ3) is 4.00. The summed E-state index contributed by atoms with van der Waals surface area (Å²) in [4.78, 5) is 26.4. The van der Waals surface area contributed by atoms with Crippen molar-refractivity contribution in [2.24, 2.45) is 0 Å². The molecule has 1 aliphatic rings. The van der Waals surface area contributed by atoms with Crippen LogP contribution in [0.5, 0.6) is 0 Å². The van der Waals surface area contributed by atoms with Crippen molar-refractivity contribution >= 4 is 27.8 Å². The summed E-state index contributed by atoms with van der Waals surface area (Å²) in [5.41, 5.74) is 4.23. The summed E-state index contributed by atoms with van der Waals surface area (Å²) in [6.07, 6.45) is 2.34. The summed E-state index contributed by atoms with van der Waals surface area (Å²) in [5, 5.41) is 4.89. The SMILES string of the molecule is Cc1coc2c(C)c3oc(=O)c(CCC(=O)NCC[NH+]4CCOCC4)c(C)c3cc12. The van der Waals surface area contributed by atoms with Gasteiger partial charge in [0.1, 0.15) is 24.3 Å². The number of benzene rings is 1. The monoisotopic (exact) mass is 413 g/mol. The number of carbonyl (C=O) groups is 1. The molecular weight excluding hydrogens is 384 g/mol. The molecule has 1 aliphatic heterocycles. The molecule has 0 radical (unpaired) electrons. The maximum atomic E-state index is 12.6. The van der Waals surface area contributed by atoms with Gasteiger partial charge in [-0.3, -0.25) is 4.79 Å². The molecule has 0 unspecified atom stereocenters. The molecule has 2 aromatic heterocycles. The van der Waals surface area contributed by atoms with Crippen molar-refractivity contribution in [1.82, 2.24) is 5.32 Å². The van der Waals surface area contributed by atoms with E-state index in [9.17, 15) is 9.59 Å². The van der Waals surface area contributed by atoms with Gasteiger partial charge in [0.05, 0.1) is 32.6 Å². The second kappa shape index (κ2) is 8.62. The largest absolute Gasteiger partial charge is 0.464 e. The van der Waals surface area contributed by atoms with E-state index < -0.39 is 0 Å². The van der Waals surface area contributed by atoms with Crippen LogP contribution in [0, 0.1) is 20.8 Å². The number of carbonyl (C=O) groups excluding carboxylic acids is 1. The van der Waals surface area contributed by atoms with E-state index in [0.717, 1.165) is 65.9 Å². The molecule has 1 saturated heterocycles. The predicted octanol–water partition coefficient (Wildman–Crippen LogP) is 1.43. The van der Waals surface area contributed by atoms with Crippen LogP contribution >= 0.6 is 0 Å². The molecule has 3 aromatic rings. The second-order valence-electron chi connectivity index (χ2n) is 8.13. The summed E-state index contributed by atoms with van der Waals surface area (Å²) < 4.78 is 16.6. The lowest BCUT2D eigenvalue weighted by atomic mass is 9.98. The average molecular weight is 413 g/mol. The van der Waals surface area contributed by atoms with Gasteiger partial charge >= 0.3 is 5.63 Å². The maximum absolute atomic E-state index is 12.6. The van der Waals surface area contributed by atoms with E-state index >= 15 is 0 Å². The van der Waals surface area contributed by atoms with E-state index in [4.69, 9.17) is 13.6 Å². The third-order valence-corrected chi connectivity index (χ3v) is 6.14. The van der Waals surface area contributed by atoms with Crippen LogP contribution in [0.1, 0.15) is 28.7 Å².